The van der Waals surface area contributed by atoms with E-state index in [9.17, 15) is 23.5 Å². The average molecular weight is 354 g/mol. The van der Waals surface area contributed by atoms with Gasteiger partial charge in [0.15, 0.2) is 0 Å². The summed E-state index contributed by atoms with van der Waals surface area (Å²) in [4.78, 5) is 25.6. The SMILES string of the molecule is CCCCCCC1(C)NC(=O)N(CC(O)c2ccc(F)cc2F)C1=O. The standard InChI is InChI=1S/C18H24F2N2O3/c1-3-4-5-6-9-18(2)16(24)22(17(25)21-18)11-15(23)13-8-7-12(19)10-14(13)20/h7-8,10,15,23H,3-6,9,11H2,1-2H3,(H,21,25). The largest absolute Gasteiger partial charge is 0.386 e. The van der Waals surface area contributed by atoms with Crippen LogP contribution in [0.5, 0.6) is 0 Å². The van der Waals surface area contributed by atoms with Crippen molar-refractivity contribution in [1.29, 1.82) is 0 Å². The van der Waals surface area contributed by atoms with Crippen LogP contribution in [0.3, 0.4) is 0 Å². The van der Waals surface area contributed by atoms with Gasteiger partial charge in [0, 0.05) is 11.6 Å². The second-order valence-electron chi connectivity index (χ2n) is 6.67. The molecular weight excluding hydrogens is 330 g/mol. The van der Waals surface area contributed by atoms with Gasteiger partial charge >= 0.3 is 6.03 Å². The molecular formula is C18H24F2N2O3. The molecule has 2 atom stereocenters. The number of carbonyl (C=O) groups excluding carboxylic acids is 2. The van der Waals surface area contributed by atoms with Crippen molar-refractivity contribution >= 4 is 11.9 Å². The van der Waals surface area contributed by atoms with Gasteiger partial charge in [-0.25, -0.2) is 13.6 Å². The quantitative estimate of drug-likeness (QED) is 0.556. The van der Waals surface area contributed by atoms with Gasteiger partial charge in [0.05, 0.1) is 12.6 Å². The van der Waals surface area contributed by atoms with Crippen molar-refractivity contribution in [1.82, 2.24) is 10.2 Å². The molecule has 1 saturated heterocycles. The van der Waals surface area contributed by atoms with Gasteiger partial charge in [-0.15, -0.1) is 0 Å². The molecule has 1 aromatic rings. The topological polar surface area (TPSA) is 69.6 Å². The molecule has 1 aliphatic rings. The highest BCUT2D eigenvalue weighted by Crippen LogP contribution is 2.27. The Kier molecular flexibility index (Phi) is 6.11. The van der Waals surface area contributed by atoms with Crippen LogP contribution < -0.4 is 5.32 Å². The Morgan fingerprint density at radius 2 is 1.96 bits per heavy atom. The Morgan fingerprint density at radius 1 is 1.24 bits per heavy atom. The normalized spacial score (nSPS) is 21.6. The third-order valence-corrected chi connectivity index (χ3v) is 4.55. The van der Waals surface area contributed by atoms with E-state index in [0.29, 0.717) is 12.5 Å². The van der Waals surface area contributed by atoms with E-state index in [2.05, 4.69) is 12.2 Å². The maximum Gasteiger partial charge on any atom is 0.325 e. The molecule has 7 heteroatoms. The predicted molar refractivity (Wildman–Crippen MR) is 88.7 cm³/mol. The van der Waals surface area contributed by atoms with Crippen LogP contribution in [0.1, 0.15) is 57.6 Å². The summed E-state index contributed by atoms with van der Waals surface area (Å²) in [6.07, 6.45) is 2.99. The van der Waals surface area contributed by atoms with E-state index in [0.717, 1.165) is 42.7 Å². The molecule has 2 unspecified atom stereocenters. The second-order valence-corrected chi connectivity index (χ2v) is 6.67. The number of aliphatic hydroxyl groups is 1. The first-order valence-electron chi connectivity index (χ1n) is 8.55. The number of nitrogens with one attached hydrogen (secondary N) is 1. The van der Waals surface area contributed by atoms with Crippen molar-refractivity contribution in [2.45, 2.75) is 57.6 Å². The zero-order valence-corrected chi connectivity index (χ0v) is 14.5. The van der Waals surface area contributed by atoms with Crippen LogP contribution in [-0.2, 0) is 4.79 Å². The Balaban J connectivity index is 2.04. The average Bonchev–Trinajstić information content (AvgIpc) is 2.75. The van der Waals surface area contributed by atoms with Crippen LogP contribution in [0.2, 0.25) is 0 Å². The summed E-state index contributed by atoms with van der Waals surface area (Å²) in [5, 5.41) is 12.8. The Morgan fingerprint density at radius 3 is 2.60 bits per heavy atom. The molecule has 138 valence electrons. The number of urea groups is 1. The van der Waals surface area contributed by atoms with E-state index in [-0.39, 0.29) is 12.1 Å². The molecule has 2 rings (SSSR count). The molecule has 25 heavy (non-hydrogen) atoms. The Labute approximate surface area is 146 Å². The lowest BCUT2D eigenvalue weighted by molar-refractivity contribution is -0.132. The number of amides is 3. The number of rotatable bonds is 8. The van der Waals surface area contributed by atoms with Crippen molar-refractivity contribution in [2.75, 3.05) is 6.54 Å². The number of nitrogens with zero attached hydrogens (tertiary/aromatic N) is 1. The number of aliphatic hydroxyl groups excluding tert-OH is 1. The summed E-state index contributed by atoms with van der Waals surface area (Å²) in [7, 11) is 0. The zero-order chi connectivity index (χ0) is 18.6. The molecule has 3 amide bonds. The fourth-order valence-corrected chi connectivity index (χ4v) is 3.03. The number of hydrogen-bond donors (Lipinski definition) is 2. The first-order valence-corrected chi connectivity index (χ1v) is 8.55. The third-order valence-electron chi connectivity index (χ3n) is 4.55. The van der Waals surface area contributed by atoms with Crippen LogP contribution >= 0.6 is 0 Å². The molecule has 0 saturated carbocycles. The van der Waals surface area contributed by atoms with Crippen LogP contribution in [0.15, 0.2) is 18.2 Å². The van der Waals surface area contributed by atoms with Gasteiger partial charge in [-0.1, -0.05) is 38.7 Å². The van der Waals surface area contributed by atoms with Crippen LogP contribution in [0.4, 0.5) is 13.6 Å². The summed E-state index contributed by atoms with van der Waals surface area (Å²) in [6.45, 7) is 3.36. The third kappa shape index (κ3) is 4.34. The maximum atomic E-state index is 13.8. The monoisotopic (exact) mass is 354 g/mol. The lowest BCUT2D eigenvalue weighted by Gasteiger charge is -2.22. The highest BCUT2D eigenvalue weighted by atomic mass is 19.1. The van der Waals surface area contributed by atoms with E-state index < -0.39 is 35.2 Å². The lowest BCUT2D eigenvalue weighted by atomic mass is 9.94. The van der Waals surface area contributed by atoms with Gasteiger partial charge in [-0.2, -0.15) is 0 Å². The zero-order valence-electron chi connectivity index (χ0n) is 14.5. The fourth-order valence-electron chi connectivity index (χ4n) is 3.03. The number of halogens is 2. The van der Waals surface area contributed by atoms with Crippen molar-refractivity contribution in [3.05, 3.63) is 35.4 Å². The van der Waals surface area contributed by atoms with Gasteiger partial charge in [0.25, 0.3) is 5.91 Å². The van der Waals surface area contributed by atoms with E-state index in [4.69, 9.17) is 0 Å². The molecule has 0 spiro atoms. The van der Waals surface area contributed by atoms with Crippen LogP contribution in [-0.4, -0.2) is 34.0 Å². The summed E-state index contributed by atoms with van der Waals surface area (Å²) in [6, 6.07) is 2.18. The van der Waals surface area contributed by atoms with Crippen molar-refractivity contribution in [3.8, 4) is 0 Å². The summed E-state index contributed by atoms with van der Waals surface area (Å²) in [5.41, 5.74) is -1.16. The first kappa shape index (κ1) is 19.3. The summed E-state index contributed by atoms with van der Waals surface area (Å²) >= 11 is 0. The minimum atomic E-state index is -1.42. The number of imide groups is 1. The molecule has 5 nitrogen and oxygen atoms in total. The van der Waals surface area contributed by atoms with Crippen LogP contribution in [0, 0.1) is 11.6 Å². The van der Waals surface area contributed by atoms with Crippen molar-refractivity contribution < 1.29 is 23.5 Å². The summed E-state index contributed by atoms with van der Waals surface area (Å²) < 4.78 is 26.7. The van der Waals surface area contributed by atoms with Crippen molar-refractivity contribution in [3.63, 3.8) is 0 Å². The van der Waals surface area contributed by atoms with Gasteiger partial charge in [-0.05, 0) is 19.4 Å². The molecule has 1 aliphatic heterocycles. The number of benzene rings is 1. The van der Waals surface area contributed by atoms with E-state index in [1.54, 1.807) is 6.92 Å². The molecule has 1 aromatic carbocycles. The minimum absolute atomic E-state index is 0.154. The van der Waals surface area contributed by atoms with E-state index in [1.807, 2.05) is 0 Å². The van der Waals surface area contributed by atoms with Crippen molar-refractivity contribution in [2.24, 2.45) is 0 Å². The van der Waals surface area contributed by atoms with Crippen LogP contribution in [0.25, 0.3) is 0 Å². The Hall–Kier alpha value is -2.02. The second kappa shape index (κ2) is 7.91. The predicted octanol–water partition coefficient (Wildman–Crippen LogP) is 3.28. The molecule has 0 bridgehead atoms. The smallest absolute Gasteiger partial charge is 0.325 e. The number of unbranched alkanes of at least 4 members (excludes halogenated alkanes) is 3. The molecule has 1 heterocycles. The van der Waals surface area contributed by atoms with Gasteiger partial charge in [-0.3, -0.25) is 9.69 Å². The molecule has 0 radical (unpaired) electrons. The van der Waals surface area contributed by atoms with Gasteiger partial charge < -0.3 is 10.4 Å². The molecule has 1 fully saturated rings. The van der Waals surface area contributed by atoms with Gasteiger partial charge in [0.1, 0.15) is 17.2 Å². The lowest BCUT2D eigenvalue weighted by Crippen LogP contribution is -2.44. The number of carbonyl (C=O) groups is 2. The minimum Gasteiger partial charge on any atom is -0.386 e. The molecule has 2 N–H and O–H groups in total. The highest BCUT2D eigenvalue weighted by Gasteiger charge is 2.47. The maximum absolute atomic E-state index is 13.8. The molecule has 0 aliphatic carbocycles. The highest BCUT2D eigenvalue weighted by molar-refractivity contribution is 6.06. The summed E-state index contributed by atoms with van der Waals surface area (Å²) in [5.74, 6) is -2.11. The van der Waals surface area contributed by atoms with Gasteiger partial charge in [0.2, 0.25) is 0 Å². The number of hydrogen-bond acceptors (Lipinski definition) is 3. The fraction of sp³-hybridized carbons (Fsp3) is 0.556. The first-order chi connectivity index (χ1) is 11.8. The molecule has 0 aromatic heterocycles. The Bertz CT molecular complexity index is 653. The van der Waals surface area contributed by atoms with E-state index >= 15 is 0 Å². The number of β-amino-alcohol motifs (C(OH)–C–C–N with tert-alkyl or cyclic N) is 1. The van der Waals surface area contributed by atoms with E-state index in [1.165, 1.54) is 0 Å².